The van der Waals surface area contributed by atoms with Crippen LogP contribution in [0.3, 0.4) is 0 Å². The Bertz CT molecular complexity index is 2210. The Morgan fingerprint density at radius 2 is 1.53 bits per heavy atom. The summed E-state index contributed by atoms with van der Waals surface area (Å²) in [5.41, 5.74) is 12.8. The number of hydrogen-bond acceptors (Lipinski definition) is 6. The average Bonchev–Trinajstić information content (AvgIpc) is 3.58. The molecule has 3 heterocycles. The van der Waals surface area contributed by atoms with Gasteiger partial charge in [0.1, 0.15) is 17.1 Å². The third-order valence-electron chi connectivity index (χ3n) is 8.05. The van der Waals surface area contributed by atoms with Crippen molar-refractivity contribution in [1.82, 2.24) is 14.5 Å². The number of rotatable bonds is 5. The van der Waals surface area contributed by atoms with Crippen LogP contribution in [-0.4, -0.2) is 14.5 Å². The van der Waals surface area contributed by atoms with Crippen LogP contribution in [0.5, 0.6) is 11.5 Å². The van der Waals surface area contributed by atoms with Gasteiger partial charge in [-0.25, -0.2) is 9.97 Å². The molecule has 4 aromatic carbocycles. The summed E-state index contributed by atoms with van der Waals surface area (Å²) in [5.74, 6) is 2.73. The van der Waals surface area contributed by atoms with Crippen molar-refractivity contribution in [3.05, 3.63) is 109 Å². The first-order chi connectivity index (χ1) is 21.5. The number of pyridine rings is 1. The van der Waals surface area contributed by atoms with Crippen molar-refractivity contribution in [3.8, 4) is 17.3 Å². The maximum Gasteiger partial charge on any atom is 0.201 e. The summed E-state index contributed by atoms with van der Waals surface area (Å²) in [6.07, 6.45) is 1.89. The number of benzene rings is 4. The summed E-state index contributed by atoms with van der Waals surface area (Å²) in [6.45, 7) is 12.9. The Morgan fingerprint density at radius 1 is 0.778 bits per heavy atom. The molecule has 7 aromatic rings. The maximum absolute atomic E-state index is 6.66. The molecule has 0 bridgehead atoms. The molecule has 0 radical (unpaired) electrons. The second kappa shape index (κ2) is 10.4. The Balaban J connectivity index is 1.38. The standard InChI is InChI=1S/C38H37N5O2/c1-37(2,3)23-17-18-40-34(19-23)43-31-14-10-7-11-26(31)27-16-15-25(22-32(27)43)44-33-21-24(41-29-13-9-8-12-28(29)39)20-30-35(33)45-36(42-30)38(4,5)6/h7-22,41H,39H2,1-6H3. The first-order valence-electron chi connectivity index (χ1n) is 15.2. The van der Waals surface area contributed by atoms with Crippen LogP contribution in [0.2, 0.25) is 0 Å². The van der Waals surface area contributed by atoms with Crippen molar-refractivity contribution < 1.29 is 9.15 Å². The van der Waals surface area contributed by atoms with Gasteiger partial charge in [0, 0.05) is 40.2 Å². The minimum atomic E-state index is -0.276. The largest absolute Gasteiger partial charge is 0.453 e. The smallest absolute Gasteiger partial charge is 0.201 e. The molecule has 226 valence electrons. The van der Waals surface area contributed by atoms with Gasteiger partial charge in [0.05, 0.1) is 22.4 Å². The Morgan fingerprint density at radius 3 is 2.31 bits per heavy atom. The van der Waals surface area contributed by atoms with Crippen molar-refractivity contribution in [2.75, 3.05) is 11.1 Å². The molecule has 0 saturated carbocycles. The van der Waals surface area contributed by atoms with E-state index in [1.807, 2.05) is 48.7 Å². The second-order valence-electron chi connectivity index (χ2n) is 13.6. The van der Waals surface area contributed by atoms with E-state index in [0.717, 1.165) is 39.0 Å². The molecule has 0 saturated heterocycles. The predicted molar refractivity (Wildman–Crippen MR) is 184 cm³/mol. The number of nitrogen functional groups attached to an aromatic ring is 1. The molecule has 7 heteroatoms. The van der Waals surface area contributed by atoms with Crippen molar-refractivity contribution in [2.24, 2.45) is 0 Å². The van der Waals surface area contributed by atoms with Crippen molar-refractivity contribution in [1.29, 1.82) is 0 Å². The molecule has 7 rings (SSSR count). The Kier molecular flexibility index (Phi) is 6.58. The zero-order valence-corrected chi connectivity index (χ0v) is 26.5. The minimum absolute atomic E-state index is 0.0114. The lowest BCUT2D eigenvalue weighted by Gasteiger charge is -2.20. The summed E-state index contributed by atoms with van der Waals surface area (Å²) in [4.78, 5) is 9.66. The molecule has 0 unspecified atom stereocenters. The number of nitrogens with one attached hydrogen (secondary N) is 1. The third-order valence-corrected chi connectivity index (χ3v) is 8.05. The number of oxazole rings is 1. The van der Waals surface area contributed by atoms with Gasteiger partial charge < -0.3 is 20.2 Å². The lowest BCUT2D eigenvalue weighted by atomic mass is 9.88. The van der Waals surface area contributed by atoms with Crippen LogP contribution in [0.15, 0.2) is 102 Å². The number of nitrogens with two attached hydrogens (primary N) is 1. The van der Waals surface area contributed by atoms with Crippen LogP contribution >= 0.6 is 0 Å². The highest BCUT2D eigenvalue weighted by Crippen LogP contribution is 2.40. The molecule has 0 aliphatic heterocycles. The second-order valence-corrected chi connectivity index (χ2v) is 13.6. The molecular formula is C38H37N5O2. The molecule has 3 aromatic heterocycles. The van der Waals surface area contributed by atoms with Gasteiger partial charge in [-0.2, -0.15) is 0 Å². The van der Waals surface area contributed by atoms with Gasteiger partial charge in [-0.05, 0) is 59.5 Å². The van der Waals surface area contributed by atoms with Crippen LogP contribution in [0.25, 0.3) is 38.7 Å². The fraction of sp³-hybridized carbons (Fsp3) is 0.211. The Labute approximate surface area is 262 Å². The summed E-state index contributed by atoms with van der Waals surface area (Å²) in [6, 6.07) is 30.4. The van der Waals surface area contributed by atoms with Gasteiger partial charge in [-0.1, -0.05) is 71.9 Å². The highest BCUT2D eigenvalue weighted by molar-refractivity contribution is 6.09. The van der Waals surface area contributed by atoms with E-state index in [4.69, 9.17) is 24.9 Å². The summed E-state index contributed by atoms with van der Waals surface area (Å²) < 4.78 is 15.2. The monoisotopic (exact) mass is 595 g/mol. The fourth-order valence-corrected chi connectivity index (χ4v) is 5.63. The van der Waals surface area contributed by atoms with Crippen molar-refractivity contribution in [3.63, 3.8) is 0 Å². The van der Waals surface area contributed by atoms with Crippen LogP contribution in [0.1, 0.15) is 53.0 Å². The molecule has 0 atom stereocenters. The zero-order chi connectivity index (χ0) is 31.5. The lowest BCUT2D eigenvalue weighted by molar-refractivity contribution is 0.401. The van der Waals surface area contributed by atoms with Gasteiger partial charge in [-0.15, -0.1) is 0 Å². The summed E-state index contributed by atoms with van der Waals surface area (Å²) in [5, 5.41) is 5.71. The molecular weight excluding hydrogens is 558 g/mol. The van der Waals surface area contributed by atoms with E-state index in [2.05, 4.69) is 100.0 Å². The van der Waals surface area contributed by atoms with E-state index < -0.39 is 0 Å². The van der Waals surface area contributed by atoms with Gasteiger partial charge in [-0.3, -0.25) is 4.57 Å². The van der Waals surface area contributed by atoms with Crippen LogP contribution < -0.4 is 15.8 Å². The number of hydrogen-bond donors (Lipinski definition) is 2. The van der Waals surface area contributed by atoms with Crippen LogP contribution in [0.4, 0.5) is 17.1 Å². The minimum Gasteiger partial charge on any atom is -0.453 e. The van der Waals surface area contributed by atoms with E-state index in [1.165, 1.54) is 5.56 Å². The molecule has 3 N–H and O–H groups in total. The molecule has 0 spiro atoms. The third kappa shape index (κ3) is 5.24. The molecule has 0 aliphatic rings. The zero-order valence-electron chi connectivity index (χ0n) is 26.5. The molecule has 0 fully saturated rings. The van der Waals surface area contributed by atoms with Crippen LogP contribution in [0, 0.1) is 0 Å². The molecule has 0 amide bonds. The van der Waals surface area contributed by atoms with Gasteiger partial charge in [0.25, 0.3) is 0 Å². The van der Waals surface area contributed by atoms with Gasteiger partial charge >= 0.3 is 0 Å². The fourth-order valence-electron chi connectivity index (χ4n) is 5.63. The van der Waals surface area contributed by atoms with E-state index in [1.54, 1.807) is 0 Å². The van der Waals surface area contributed by atoms with Gasteiger partial charge in [0.2, 0.25) is 5.89 Å². The van der Waals surface area contributed by atoms with E-state index in [-0.39, 0.29) is 10.8 Å². The number of aromatic nitrogens is 3. The average molecular weight is 596 g/mol. The first kappa shape index (κ1) is 28.5. The number of fused-ring (bicyclic) bond motifs is 4. The number of anilines is 3. The quantitative estimate of drug-likeness (QED) is 0.192. The normalized spacial score (nSPS) is 12.3. The highest BCUT2D eigenvalue weighted by atomic mass is 16.5. The molecule has 45 heavy (non-hydrogen) atoms. The maximum atomic E-state index is 6.66. The number of para-hydroxylation sites is 3. The molecule has 0 aliphatic carbocycles. The first-order valence-corrected chi connectivity index (χ1v) is 15.2. The van der Waals surface area contributed by atoms with E-state index in [0.29, 0.717) is 34.2 Å². The van der Waals surface area contributed by atoms with Crippen molar-refractivity contribution in [2.45, 2.75) is 52.4 Å². The number of ether oxygens (including phenoxy) is 1. The lowest BCUT2D eigenvalue weighted by Crippen LogP contribution is -2.12. The summed E-state index contributed by atoms with van der Waals surface area (Å²) >= 11 is 0. The summed E-state index contributed by atoms with van der Waals surface area (Å²) in [7, 11) is 0. The van der Waals surface area contributed by atoms with E-state index in [9.17, 15) is 0 Å². The van der Waals surface area contributed by atoms with Crippen molar-refractivity contribution >= 4 is 50.0 Å². The SMILES string of the molecule is CC(C)(C)c1ccnc(-n2c3ccccc3c3ccc(Oc4cc(Nc5ccccc5N)cc5nc(C(C)(C)C)oc45)cc32)c1. The Hall–Kier alpha value is -5.30. The van der Waals surface area contributed by atoms with Gasteiger partial charge in [0.15, 0.2) is 11.3 Å². The number of nitrogens with zero attached hydrogens (tertiary/aromatic N) is 3. The highest BCUT2D eigenvalue weighted by Gasteiger charge is 2.24. The van der Waals surface area contributed by atoms with Crippen LogP contribution in [-0.2, 0) is 10.8 Å². The topological polar surface area (TPSA) is 91.1 Å². The molecule has 7 nitrogen and oxygen atoms in total. The predicted octanol–water partition coefficient (Wildman–Crippen LogP) is 10.0. The van der Waals surface area contributed by atoms with E-state index >= 15 is 0 Å².